The maximum Gasteiger partial charge on any atom is 0.307 e. The second kappa shape index (κ2) is 9.86. The highest BCUT2D eigenvalue weighted by molar-refractivity contribution is 7.89. The normalized spacial score (nSPS) is 20.2. The van der Waals surface area contributed by atoms with E-state index in [1.807, 2.05) is 0 Å². The fourth-order valence-electron chi connectivity index (χ4n) is 3.61. The van der Waals surface area contributed by atoms with Gasteiger partial charge in [-0.05, 0) is 68.3 Å². The van der Waals surface area contributed by atoms with Crippen LogP contribution in [0.5, 0.6) is 11.5 Å². The molecule has 3 rings (SSSR count). The highest BCUT2D eigenvalue weighted by Crippen LogP contribution is 2.44. The lowest BCUT2D eigenvalue weighted by Crippen LogP contribution is -2.65. The van der Waals surface area contributed by atoms with Crippen molar-refractivity contribution in [1.82, 2.24) is 4.31 Å². The number of hydrogen-bond donors (Lipinski definition) is 2. The Hall–Kier alpha value is -3.02. The minimum Gasteiger partial charge on any atom is -0.466 e. The Labute approximate surface area is 191 Å². The van der Waals surface area contributed by atoms with Gasteiger partial charge in [-0.2, -0.15) is 4.31 Å². The van der Waals surface area contributed by atoms with Crippen LogP contribution in [-0.4, -0.2) is 48.6 Å². The predicted molar refractivity (Wildman–Crippen MR) is 115 cm³/mol. The van der Waals surface area contributed by atoms with E-state index < -0.39 is 45.9 Å². The van der Waals surface area contributed by atoms with Gasteiger partial charge in [0, 0.05) is 6.54 Å². The fourth-order valence-corrected chi connectivity index (χ4v) is 5.31. The largest absolute Gasteiger partial charge is 0.466 e. The van der Waals surface area contributed by atoms with E-state index in [-0.39, 0.29) is 30.8 Å². The molecular formula is C22H25FN2O7S. The number of carbonyl (C=O) groups is 2. The van der Waals surface area contributed by atoms with E-state index in [9.17, 15) is 27.5 Å². The van der Waals surface area contributed by atoms with Gasteiger partial charge in [0.1, 0.15) is 23.0 Å². The second-order valence-electron chi connectivity index (χ2n) is 7.53. The van der Waals surface area contributed by atoms with Crippen molar-refractivity contribution in [1.29, 1.82) is 0 Å². The fraction of sp³-hybridized carbons (Fsp3) is 0.364. The van der Waals surface area contributed by atoms with Crippen LogP contribution in [0.15, 0.2) is 53.4 Å². The van der Waals surface area contributed by atoms with Crippen LogP contribution in [0, 0.1) is 11.7 Å². The molecule has 0 aromatic heterocycles. The van der Waals surface area contributed by atoms with Crippen molar-refractivity contribution in [3.05, 3.63) is 54.3 Å². The second-order valence-corrected chi connectivity index (χ2v) is 9.39. The summed E-state index contributed by atoms with van der Waals surface area (Å²) in [5.74, 6) is -2.33. The minimum absolute atomic E-state index is 0.00553. The van der Waals surface area contributed by atoms with Crippen LogP contribution < -0.4 is 10.5 Å². The van der Waals surface area contributed by atoms with E-state index in [2.05, 4.69) is 0 Å². The van der Waals surface area contributed by atoms with Crippen molar-refractivity contribution < 1.29 is 37.0 Å². The van der Waals surface area contributed by atoms with Crippen LogP contribution in [-0.2, 0) is 24.3 Å². The van der Waals surface area contributed by atoms with E-state index in [1.54, 1.807) is 6.92 Å². The van der Waals surface area contributed by atoms with E-state index in [0.29, 0.717) is 11.5 Å². The number of carbonyl (C=O) groups excluding carboxylic acids is 2. The molecule has 2 aromatic carbocycles. The first-order chi connectivity index (χ1) is 15.6. The van der Waals surface area contributed by atoms with Gasteiger partial charge < -0.3 is 20.3 Å². The molecule has 1 fully saturated rings. The Kier molecular flexibility index (Phi) is 7.35. The molecular weight excluding hydrogens is 455 g/mol. The number of benzene rings is 2. The van der Waals surface area contributed by atoms with Crippen LogP contribution >= 0.6 is 0 Å². The summed E-state index contributed by atoms with van der Waals surface area (Å²) >= 11 is 0. The van der Waals surface area contributed by atoms with Crippen molar-refractivity contribution in [3.8, 4) is 11.5 Å². The number of sulfonamides is 1. The Bertz CT molecular complexity index is 1110. The highest BCUT2D eigenvalue weighted by atomic mass is 32.2. The van der Waals surface area contributed by atoms with Gasteiger partial charge in [0.2, 0.25) is 15.9 Å². The molecule has 0 aliphatic heterocycles. The van der Waals surface area contributed by atoms with Gasteiger partial charge in [0.15, 0.2) is 0 Å². The molecule has 0 saturated heterocycles. The van der Waals surface area contributed by atoms with E-state index in [0.717, 1.165) is 4.31 Å². The molecule has 3 N–H and O–H groups in total. The van der Waals surface area contributed by atoms with Crippen molar-refractivity contribution in [2.45, 2.75) is 36.8 Å². The number of aliphatic hydroxyl groups is 1. The third kappa shape index (κ3) is 5.32. The van der Waals surface area contributed by atoms with Crippen LogP contribution in [0.25, 0.3) is 0 Å². The molecule has 0 bridgehead atoms. The SMILES string of the molecule is CCOC(=O)CCN(C1(O)CCC1C(N)=O)S(=O)(=O)c1ccc(Oc2ccc(F)cc2)cc1. The minimum atomic E-state index is -4.33. The highest BCUT2D eigenvalue weighted by Gasteiger charge is 2.56. The topological polar surface area (TPSA) is 136 Å². The van der Waals surface area contributed by atoms with Gasteiger partial charge in [0.25, 0.3) is 0 Å². The molecule has 0 spiro atoms. The van der Waals surface area contributed by atoms with Gasteiger partial charge in [-0.15, -0.1) is 0 Å². The summed E-state index contributed by atoms with van der Waals surface area (Å²) in [6.45, 7) is 1.34. The smallest absolute Gasteiger partial charge is 0.307 e. The molecule has 1 saturated carbocycles. The summed E-state index contributed by atoms with van der Waals surface area (Å²) in [5, 5.41) is 11.1. The standard InChI is InChI=1S/C22H25FN2O7S/c1-2-31-20(26)12-14-25(22(28)13-11-19(22)21(24)27)33(29,30)18-9-7-17(8-10-18)32-16-5-3-15(23)4-6-16/h3-10,19,28H,2,11-14H2,1H3,(H2,24,27). The number of hydrogen-bond acceptors (Lipinski definition) is 7. The van der Waals surface area contributed by atoms with Crippen LogP contribution in [0.2, 0.25) is 0 Å². The zero-order chi connectivity index (χ0) is 24.2. The number of amides is 1. The van der Waals surface area contributed by atoms with Crippen molar-refractivity contribution >= 4 is 21.9 Å². The van der Waals surface area contributed by atoms with Gasteiger partial charge in [-0.1, -0.05) is 0 Å². The van der Waals surface area contributed by atoms with E-state index in [4.69, 9.17) is 15.2 Å². The monoisotopic (exact) mass is 480 g/mol. The first-order valence-electron chi connectivity index (χ1n) is 10.3. The molecule has 33 heavy (non-hydrogen) atoms. The maximum atomic E-state index is 13.4. The lowest BCUT2D eigenvalue weighted by Gasteiger charge is -2.49. The van der Waals surface area contributed by atoms with Gasteiger partial charge in [0.05, 0.1) is 23.8 Å². The Balaban J connectivity index is 1.86. The Morgan fingerprint density at radius 2 is 1.73 bits per heavy atom. The van der Waals surface area contributed by atoms with Gasteiger partial charge in [-0.25, -0.2) is 12.8 Å². The summed E-state index contributed by atoms with van der Waals surface area (Å²) < 4.78 is 51.0. The molecule has 9 nitrogen and oxygen atoms in total. The summed E-state index contributed by atoms with van der Waals surface area (Å²) in [4.78, 5) is 23.4. The zero-order valence-electron chi connectivity index (χ0n) is 17.9. The van der Waals surface area contributed by atoms with Crippen molar-refractivity contribution in [2.24, 2.45) is 11.7 Å². The van der Waals surface area contributed by atoms with Crippen LogP contribution in [0.4, 0.5) is 4.39 Å². The lowest BCUT2D eigenvalue weighted by atomic mass is 9.75. The lowest BCUT2D eigenvalue weighted by molar-refractivity contribution is -0.181. The molecule has 0 radical (unpaired) electrons. The number of primary amides is 1. The number of nitrogens with zero attached hydrogens (tertiary/aromatic N) is 1. The molecule has 11 heteroatoms. The van der Waals surface area contributed by atoms with Crippen LogP contribution in [0.1, 0.15) is 26.2 Å². The molecule has 1 aliphatic carbocycles. The molecule has 2 atom stereocenters. The van der Waals surface area contributed by atoms with Gasteiger partial charge in [-0.3, -0.25) is 9.59 Å². The molecule has 2 aromatic rings. The number of rotatable bonds is 10. The third-order valence-corrected chi connectivity index (χ3v) is 7.37. The number of ether oxygens (including phenoxy) is 2. The zero-order valence-corrected chi connectivity index (χ0v) is 18.8. The molecule has 2 unspecified atom stereocenters. The van der Waals surface area contributed by atoms with Crippen molar-refractivity contribution in [2.75, 3.05) is 13.2 Å². The number of nitrogens with two attached hydrogens (primary N) is 1. The average Bonchev–Trinajstić information content (AvgIpc) is 2.74. The first kappa shape index (κ1) is 24.6. The summed E-state index contributed by atoms with van der Waals surface area (Å²) in [6, 6.07) is 10.6. The summed E-state index contributed by atoms with van der Waals surface area (Å²) in [5.41, 5.74) is 3.31. The van der Waals surface area contributed by atoms with Crippen LogP contribution in [0.3, 0.4) is 0 Å². The molecule has 178 valence electrons. The predicted octanol–water partition coefficient (Wildman–Crippen LogP) is 2.15. The van der Waals surface area contributed by atoms with E-state index in [1.165, 1.54) is 48.5 Å². The Morgan fingerprint density at radius 1 is 1.15 bits per heavy atom. The number of halogens is 1. The first-order valence-corrected chi connectivity index (χ1v) is 11.8. The number of esters is 1. The molecule has 1 amide bonds. The van der Waals surface area contributed by atoms with E-state index >= 15 is 0 Å². The molecule has 1 aliphatic rings. The quantitative estimate of drug-likeness (QED) is 0.393. The molecule has 0 heterocycles. The summed E-state index contributed by atoms with van der Waals surface area (Å²) in [7, 11) is -4.33. The van der Waals surface area contributed by atoms with Crippen molar-refractivity contribution in [3.63, 3.8) is 0 Å². The summed E-state index contributed by atoms with van der Waals surface area (Å²) in [6.07, 6.45) is -0.0945. The average molecular weight is 481 g/mol. The maximum absolute atomic E-state index is 13.4. The Morgan fingerprint density at radius 3 is 2.21 bits per heavy atom. The third-order valence-electron chi connectivity index (χ3n) is 5.42. The van der Waals surface area contributed by atoms with Gasteiger partial charge >= 0.3 is 5.97 Å².